The van der Waals surface area contributed by atoms with E-state index in [-0.39, 0.29) is 5.54 Å². The van der Waals surface area contributed by atoms with Crippen molar-refractivity contribution in [1.29, 1.82) is 0 Å². The van der Waals surface area contributed by atoms with Gasteiger partial charge in [-0.15, -0.1) is 0 Å². The molecule has 0 aromatic heterocycles. The monoisotopic (exact) mass is 211 g/mol. The van der Waals surface area contributed by atoms with Crippen LogP contribution in [-0.2, 0) is 4.74 Å². The first-order chi connectivity index (χ1) is 7.01. The van der Waals surface area contributed by atoms with Gasteiger partial charge in [0.2, 0.25) is 0 Å². The van der Waals surface area contributed by atoms with Crippen LogP contribution in [0.25, 0.3) is 0 Å². The largest absolute Gasteiger partial charge is 0.381 e. The van der Waals surface area contributed by atoms with Crippen LogP contribution in [0.2, 0.25) is 0 Å². The van der Waals surface area contributed by atoms with Crippen molar-refractivity contribution in [1.82, 2.24) is 5.32 Å². The van der Waals surface area contributed by atoms with Gasteiger partial charge in [0.25, 0.3) is 0 Å². The Hall–Kier alpha value is -0.340. The van der Waals surface area contributed by atoms with E-state index in [1.807, 2.05) is 0 Å². The highest BCUT2D eigenvalue weighted by Crippen LogP contribution is 2.17. The van der Waals surface area contributed by atoms with Gasteiger partial charge in [0, 0.05) is 24.6 Å². The van der Waals surface area contributed by atoms with Crippen LogP contribution >= 0.6 is 0 Å². The average molecular weight is 211 g/mol. The Labute approximate surface area is 94.1 Å². The molecule has 1 rings (SSSR count). The number of rotatable bonds is 4. The van der Waals surface area contributed by atoms with Gasteiger partial charge < -0.3 is 10.1 Å². The smallest absolute Gasteiger partial charge is 0.0529 e. The van der Waals surface area contributed by atoms with Gasteiger partial charge in [-0.2, -0.15) is 0 Å². The van der Waals surface area contributed by atoms with Crippen molar-refractivity contribution in [3.05, 3.63) is 11.6 Å². The highest BCUT2D eigenvalue weighted by molar-refractivity contribution is 5.07. The first kappa shape index (κ1) is 12.7. The summed E-state index contributed by atoms with van der Waals surface area (Å²) in [6, 6.07) is 0. The molecule has 1 N–H and O–H groups in total. The van der Waals surface area contributed by atoms with Crippen molar-refractivity contribution in [3.8, 4) is 0 Å². The van der Waals surface area contributed by atoms with E-state index >= 15 is 0 Å². The molecule has 1 unspecified atom stereocenters. The van der Waals surface area contributed by atoms with Crippen LogP contribution in [-0.4, -0.2) is 25.3 Å². The molecule has 1 aliphatic heterocycles. The molecule has 2 nitrogen and oxygen atoms in total. The zero-order valence-corrected chi connectivity index (χ0v) is 10.6. The molecule has 15 heavy (non-hydrogen) atoms. The van der Waals surface area contributed by atoms with Crippen molar-refractivity contribution in [2.24, 2.45) is 5.92 Å². The molecule has 1 atom stereocenters. The number of hydrogen-bond donors (Lipinski definition) is 1. The maximum Gasteiger partial charge on any atom is 0.0529 e. The molecular formula is C13H25NO. The summed E-state index contributed by atoms with van der Waals surface area (Å²) in [7, 11) is 0. The molecule has 0 bridgehead atoms. The summed E-state index contributed by atoms with van der Waals surface area (Å²) >= 11 is 0. The van der Waals surface area contributed by atoms with Crippen molar-refractivity contribution in [2.75, 3.05) is 19.8 Å². The van der Waals surface area contributed by atoms with E-state index in [0.29, 0.717) is 5.92 Å². The molecule has 0 aliphatic carbocycles. The zero-order chi connectivity index (χ0) is 11.3. The van der Waals surface area contributed by atoms with Crippen LogP contribution in [0.3, 0.4) is 0 Å². The van der Waals surface area contributed by atoms with Crippen molar-refractivity contribution < 1.29 is 4.74 Å². The van der Waals surface area contributed by atoms with E-state index in [9.17, 15) is 0 Å². The SMILES string of the molecule is CCC(=CC1CCOC1)CNC(C)(C)C. The number of hydrogen-bond acceptors (Lipinski definition) is 2. The number of ether oxygens (including phenoxy) is 1. The summed E-state index contributed by atoms with van der Waals surface area (Å²) in [6.07, 6.45) is 4.74. The van der Waals surface area contributed by atoms with E-state index in [0.717, 1.165) is 26.2 Å². The van der Waals surface area contributed by atoms with Crippen molar-refractivity contribution >= 4 is 0 Å². The average Bonchev–Trinajstić information content (AvgIpc) is 2.63. The molecule has 1 fully saturated rings. The molecular weight excluding hydrogens is 186 g/mol. The Morgan fingerprint density at radius 2 is 2.20 bits per heavy atom. The van der Waals surface area contributed by atoms with Gasteiger partial charge >= 0.3 is 0 Å². The highest BCUT2D eigenvalue weighted by Gasteiger charge is 2.14. The third-order valence-corrected chi connectivity index (χ3v) is 2.74. The Morgan fingerprint density at radius 3 is 2.67 bits per heavy atom. The van der Waals surface area contributed by atoms with Gasteiger partial charge in [0.05, 0.1) is 6.61 Å². The summed E-state index contributed by atoms with van der Waals surface area (Å²) in [4.78, 5) is 0. The van der Waals surface area contributed by atoms with E-state index in [1.54, 1.807) is 0 Å². The van der Waals surface area contributed by atoms with E-state index < -0.39 is 0 Å². The molecule has 88 valence electrons. The molecule has 1 heterocycles. The fraction of sp³-hybridized carbons (Fsp3) is 0.846. The van der Waals surface area contributed by atoms with Crippen LogP contribution in [0.15, 0.2) is 11.6 Å². The Morgan fingerprint density at radius 1 is 1.47 bits per heavy atom. The molecule has 1 saturated heterocycles. The summed E-state index contributed by atoms with van der Waals surface area (Å²) in [5, 5.41) is 3.54. The topological polar surface area (TPSA) is 21.3 Å². The predicted molar refractivity (Wildman–Crippen MR) is 65.1 cm³/mol. The maximum absolute atomic E-state index is 5.38. The molecule has 1 aliphatic rings. The third-order valence-electron chi connectivity index (χ3n) is 2.74. The van der Waals surface area contributed by atoms with E-state index in [2.05, 4.69) is 39.1 Å². The van der Waals surface area contributed by atoms with Crippen LogP contribution in [0.5, 0.6) is 0 Å². The lowest BCUT2D eigenvalue weighted by molar-refractivity contribution is 0.191. The molecule has 0 radical (unpaired) electrons. The predicted octanol–water partition coefficient (Wildman–Crippen LogP) is 2.75. The minimum Gasteiger partial charge on any atom is -0.381 e. The second-order valence-electron chi connectivity index (χ2n) is 5.41. The lowest BCUT2D eigenvalue weighted by Gasteiger charge is -2.21. The lowest BCUT2D eigenvalue weighted by atomic mass is 10.0. The fourth-order valence-corrected chi connectivity index (χ4v) is 1.70. The Kier molecular flexibility index (Phi) is 4.81. The van der Waals surface area contributed by atoms with Crippen LogP contribution in [0.4, 0.5) is 0 Å². The Balaban J connectivity index is 2.40. The summed E-state index contributed by atoms with van der Waals surface area (Å²) in [6.45, 7) is 11.7. The minimum atomic E-state index is 0.209. The van der Waals surface area contributed by atoms with Crippen LogP contribution < -0.4 is 5.32 Å². The first-order valence-electron chi connectivity index (χ1n) is 6.03. The zero-order valence-electron chi connectivity index (χ0n) is 10.6. The Bertz CT molecular complexity index is 209. The van der Waals surface area contributed by atoms with Gasteiger partial charge in [-0.3, -0.25) is 0 Å². The van der Waals surface area contributed by atoms with E-state index in [4.69, 9.17) is 4.74 Å². The highest BCUT2D eigenvalue weighted by atomic mass is 16.5. The number of nitrogens with one attached hydrogen (secondary N) is 1. The van der Waals surface area contributed by atoms with Gasteiger partial charge in [-0.05, 0) is 33.6 Å². The molecule has 0 saturated carbocycles. The molecule has 0 aromatic rings. The van der Waals surface area contributed by atoms with Gasteiger partial charge in [-0.1, -0.05) is 18.6 Å². The summed E-state index contributed by atoms with van der Waals surface area (Å²) < 4.78 is 5.38. The van der Waals surface area contributed by atoms with Crippen molar-refractivity contribution in [2.45, 2.75) is 46.1 Å². The van der Waals surface area contributed by atoms with Gasteiger partial charge in [0.15, 0.2) is 0 Å². The molecule has 0 spiro atoms. The molecule has 0 aromatic carbocycles. The first-order valence-corrected chi connectivity index (χ1v) is 6.03. The summed E-state index contributed by atoms with van der Waals surface area (Å²) in [5.74, 6) is 0.654. The van der Waals surface area contributed by atoms with Gasteiger partial charge in [-0.25, -0.2) is 0 Å². The normalized spacial score (nSPS) is 23.5. The third kappa shape index (κ3) is 5.33. The van der Waals surface area contributed by atoms with E-state index in [1.165, 1.54) is 12.0 Å². The second-order valence-corrected chi connectivity index (χ2v) is 5.41. The standard InChI is InChI=1S/C13H25NO/c1-5-11(9-14-13(2,3)4)8-12-6-7-15-10-12/h8,12,14H,5-7,9-10H2,1-4H3. The van der Waals surface area contributed by atoms with Crippen molar-refractivity contribution in [3.63, 3.8) is 0 Å². The second kappa shape index (κ2) is 5.66. The molecule has 2 heteroatoms. The lowest BCUT2D eigenvalue weighted by Crippen LogP contribution is -2.37. The van der Waals surface area contributed by atoms with Gasteiger partial charge in [0.1, 0.15) is 0 Å². The minimum absolute atomic E-state index is 0.209. The summed E-state index contributed by atoms with van der Waals surface area (Å²) in [5.41, 5.74) is 1.72. The van der Waals surface area contributed by atoms with Crippen LogP contribution in [0.1, 0.15) is 40.5 Å². The molecule has 0 amide bonds. The quantitative estimate of drug-likeness (QED) is 0.722. The maximum atomic E-state index is 5.38. The van der Waals surface area contributed by atoms with Crippen LogP contribution in [0, 0.1) is 5.92 Å². The fourth-order valence-electron chi connectivity index (χ4n) is 1.70.